The van der Waals surface area contributed by atoms with Gasteiger partial charge in [0.15, 0.2) is 0 Å². The van der Waals surface area contributed by atoms with Crippen molar-refractivity contribution in [2.24, 2.45) is 0 Å². The van der Waals surface area contributed by atoms with Gasteiger partial charge in [-0.2, -0.15) is 0 Å². The van der Waals surface area contributed by atoms with Crippen molar-refractivity contribution in [3.05, 3.63) is 41.3 Å². The Bertz CT molecular complexity index is 709. The van der Waals surface area contributed by atoms with E-state index in [4.69, 9.17) is 8.48 Å². The standard InChI is InChI=1S/C19H26IN4O2/c1-14-4-3-5-15(12-14)23-18(25)17(26-20-19(2)6-7-19)16(13-21)24-10-8-22-9-11-24/h3-5,12-13,21-22H,6-11H2,1-2H3,(H,23,25)/q-1/b17-16-,21-13?. The van der Waals surface area contributed by atoms with E-state index in [2.05, 4.69) is 22.5 Å². The van der Waals surface area contributed by atoms with Crippen molar-refractivity contribution in [2.45, 2.75) is 30.1 Å². The third-order valence-corrected chi connectivity index (χ3v) is 7.35. The van der Waals surface area contributed by atoms with Crippen molar-refractivity contribution in [3.63, 3.8) is 0 Å². The quantitative estimate of drug-likeness (QED) is 0.162. The Hall–Kier alpha value is -1.61. The topological polar surface area (TPSA) is 77.5 Å². The molecule has 1 aromatic carbocycles. The Morgan fingerprint density at radius 2 is 2.12 bits per heavy atom. The molecule has 0 bridgehead atoms. The number of amides is 1. The number of carbonyl (C=O) groups excluding carboxylic acids is 1. The van der Waals surface area contributed by atoms with Crippen molar-refractivity contribution >= 4 is 17.8 Å². The first kappa shape index (κ1) is 19.2. The molecule has 0 unspecified atom stereocenters. The van der Waals surface area contributed by atoms with E-state index in [-0.39, 0.29) is 9.33 Å². The van der Waals surface area contributed by atoms with Gasteiger partial charge in [-0.25, -0.2) is 0 Å². The third kappa shape index (κ3) is 4.97. The minimum absolute atomic E-state index is 0.267. The van der Waals surface area contributed by atoms with Gasteiger partial charge in [0.1, 0.15) is 0 Å². The van der Waals surface area contributed by atoms with E-state index in [9.17, 15) is 4.79 Å². The number of carbonyl (C=O) groups is 1. The molecule has 7 heteroatoms. The molecule has 0 atom stereocenters. The Kier molecular flexibility index (Phi) is 6.18. The first-order chi connectivity index (χ1) is 12.5. The van der Waals surface area contributed by atoms with E-state index in [1.54, 1.807) is 0 Å². The normalized spacial score (nSPS) is 19.5. The second-order valence-corrected chi connectivity index (χ2v) is 10.5. The van der Waals surface area contributed by atoms with E-state index in [0.29, 0.717) is 11.5 Å². The van der Waals surface area contributed by atoms with Crippen molar-refractivity contribution in [1.29, 1.82) is 5.41 Å². The van der Waals surface area contributed by atoms with Crippen LogP contribution < -0.4 is 32.3 Å². The van der Waals surface area contributed by atoms with Crippen LogP contribution in [-0.2, 0) is 7.86 Å². The molecule has 0 spiro atoms. The Balaban J connectivity index is 1.83. The summed E-state index contributed by atoms with van der Waals surface area (Å²) in [4.78, 5) is 15.0. The molecule has 2 aliphatic rings. The summed E-state index contributed by atoms with van der Waals surface area (Å²) in [7, 11) is 0. The van der Waals surface area contributed by atoms with Gasteiger partial charge in [0.05, 0.1) is 0 Å². The van der Waals surface area contributed by atoms with E-state index in [0.717, 1.165) is 37.4 Å². The van der Waals surface area contributed by atoms with Gasteiger partial charge >= 0.3 is 166 Å². The molecule has 1 saturated heterocycles. The van der Waals surface area contributed by atoms with Crippen molar-refractivity contribution in [2.75, 3.05) is 31.5 Å². The van der Waals surface area contributed by atoms with E-state index < -0.39 is 21.6 Å². The summed E-state index contributed by atoms with van der Waals surface area (Å²) < 4.78 is 6.37. The summed E-state index contributed by atoms with van der Waals surface area (Å²) >= 11 is -0.590. The molecule has 1 aromatic rings. The molecule has 1 saturated carbocycles. The van der Waals surface area contributed by atoms with E-state index in [1.807, 2.05) is 31.2 Å². The number of hydrogen-bond acceptors (Lipinski definition) is 5. The molecule has 1 heterocycles. The van der Waals surface area contributed by atoms with Crippen LogP contribution in [0.4, 0.5) is 5.69 Å². The summed E-state index contributed by atoms with van der Waals surface area (Å²) in [5.41, 5.74) is 2.42. The molecule has 1 amide bonds. The van der Waals surface area contributed by atoms with Gasteiger partial charge in [0.25, 0.3) is 0 Å². The minimum atomic E-state index is -0.590. The zero-order valence-corrected chi connectivity index (χ0v) is 17.4. The fourth-order valence-corrected chi connectivity index (χ4v) is 4.58. The SMILES string of the molecule is Cc1cccc(NC(=O)/C(O[I-]C2(C)CC2)=C(\C=N)N2CCNCC2)c1. The van der Waals surface area contributed by atoms with E-state index in [1.165, 1.54) is 19.1 Å². The van der Waals surface area contributed by atoms with Gasteiger partial charge in [0.2, 0.25) is 0 Å². The van der Waals surface area contributed by atoms with Gasteiger partial charge in [0, 0.05) is 0 Å². The Labute approximate surface area is 165 Å². The van der Waals surface area contributed by atoms with Gasteiger partial charge in [-0.3, -0.25) is 0 Å². The molecule has 26 heavy (non-hydrogen) atoms. The average Bonchev–Trinajstić information content (AvgIpc) is 3.37. The molecule has 3 rings (SSSR count). The van der Waals surface area contributed by atoms with Crippen molar-refractivity contribution < 1.29 is 29.5 Å². The molecule has 0 radical (unpaired) electrons. The number of aryl methyl sites for hydroxylation is 1. The van der Waals surface area contributed by atoms with Crippen LogP contribution in [0.1, 0.15) is 25.3 Å². The summed E-state index contributed by atoms with van der Waals surface area (Å²) in [6.07, 6.45) is 3.59. The summed E-state index contributed by atoms with van der Waals surface area (Å²) in [6.45, 7) is 7.43. The van der Waals surface area contributed by atoms with Crippen LogP contribution in [0.25, 0.3) is 0 Å². The molecule has 6 nitrogen and oxygen atoms in total. The number of nitrogens with one attached hydrogen (secondary N) is 3. The number of nitrogens with zero attached hydrogens (tertiary/aromatic N) is 1. The van der Waals surface area contributed by atoms with Crippen molar-refractivity contribution in [3.8, 4) is 0 Å². The first-order valence-electron chi connectivity index (χ1n) is 8.92. The molecular formula is C19H26IN4O2-. The summed E-state index contributed by atoms with van der Waals surface area (Å²) in [5.74, 6) is 0.0286. The maximum absolute atomic E-state index is 13.0. The van der Waals surface area contributed by atoms with Crippen LogP contribution in [0, 0.1) is 12.3 Å². The monoisotopic (exact) mass is 469 g/mol. The predicted octanol–water partition coefficient (Wildman–Crippen LogP) is -0.727. The number of anilines is 1. The molecule has 2 fully saturated rings. The first-order valence-corrected chi connectivity index (χ1v) is 10.9. The second-order valence-electron chi connectivity index (χ2n) is 6.99. The number of rotatable bonds is 7. The number of hydrogen-bond donors (Lipinski definition) is 3. The van der Waals surface area contributed by atoms with Crippen LogP contribution in [0.2, 0.25) is 0 Å². The number of halogens is 1. The van der Waals surface area contributed by atoms with Crippen LogP contribution in [0.15, 0.2) is 35.7 Å². The molecular weight excluding hydrogens is 443 g/mol. The molecule has 142 valence electrons. The maximum atomic E-state index is 13.0. The Morgan fingerprint density at radius 1 is 1.38 bits per heavy atom. The molecule has 1 aliphatic heterocycles. The molecule has 0 aromatic heterocycles. The van der Waals surface area contributed by atoms with E-state index >= 15 is 0 Å². The van der Waals surface area contributed by atoms with Gasteiger partial charge in [-0.1, -0.05) is 0 Å². The fraction of sp³-hybridized carbons (Fsp3) is 0.474. The Morgan fingerprint density at radius 3 is 2.73 bits per heavy atom. The number of piperazine rings is 1. The summed E-state index contributed by atoms with van der Waals surface area (Å²) in [6, 6.07) is 7.71. The number of benzene rings is 1. The fourth-order valence-electron chi connectivity index (χ4n) is 2.69. The second kappa shape index (κ2) is 8.39. The van der Waals surface area contributed by atoms with Crippen LogP contribution in [0.5, 0.6) is 0 Å². The number of allylic oxidation sites excluding steroid dienone is 1. The molecule has 3 N–H and O–H groups in total. The van der Waals surface area contributed by atoms with Crippen LogP contribution in [-0.4, -0.2) is 46.6 Å². The van der Waals surface area contributed by atoms with Gasteiger partial charge in [-0.05, 0) is 0 Å². The van der Waals surface area contributed by atoms with Crippen LogP contribution >= 0.6 is 0 Å². The number of alkyl halides is 1. The van der Waals surface area contributed by atoms with Gasteiger partial charge in [-0.15, -0.1) is 0 Å². The van der Waals surface area contributed by atoms with Gasteiger partial charge < -0.3 is 0 Å². The molecule has 1 aliphatic carbocycles. The summed E-state index contributed by atoms with van der Waals surface area (Å²) in [5, 5.41) is 14.1. The zero-order chi connectivity index (χ0) is 18.6. The average molecular weight is 469 g/mol. The third-order valence-electron chi connectivity index (χ3n) is 4.55. The van der Waals surface area contributed by atoms with Crippen LogP contribution in [0.3, 0.4) is 0 Å². The zero-order valence-electron chi connectivity index (χ0n) is 15.3. The van der Waals surface area contributed by atoms with Crippen molar-refractivity contribution in [1.82, 2.24) is 10.2 Å². The predicted molar refractivity (Wildman–Crippen MR) is 98.8 cm³/mol.